The third kappa shape index (κ3) is 4.30. The third-order valence-corrected chi connectivity index (χ3v) is 3.94. The fourth-order valence-electron chi connectivity index (χ4n) is 2.73. The van der Waals surface area contributed by atoms with Crippen LogP contribution in [0.25, 0.3) is 22.3 Å². The van der Waals surface area contributed by atoms with Crippen LogP contribution in [-0.2, 0) is 0 Å². The van der Waals surface area contributed by atoms with Gasteiger partial charge in [0, 0.05) is 12.6 Å². The number of rotatable bonds is 3. The van der Waals surface area contributed by atoms with Crippen molar-refractivity contribution in [2.45, 2.75) is 13.8 Å². The molecule has 0 aliphatic heterocycles. The summed E-state index contributed by atoms with van der Waals surface area (Å²) in [6.45, 7) is 7.36. The van der Waals surface area contributed by atoms with E-state index in [1.807, 2.05) is 56.4 Å². The highest BCUT2D eigenvalue weighted by Gasteiger charge is 2.09. The van der Waals surface area contributed by atoms with Crippen LogP contribution >= 0.6 is 0 Å². The highest BCUT2D eigenvalue weighted by molar-refractivity contribution is 5.81. The lowest BCUT2D eigenvalue weighted by molar-refractivity contribution is 0.479. The number of para-hydroxylation sites is 1. The summed E-state index contributed by atoms with van der Waals surface area (Å²) >= 11 is 0. The van der Waals surface area contributed by atoms with Crippen molar-refractivity contribution in [1.82, 2.24) is 0 Å². The fourth-order valence-corrected chi connectivity index (χ4v) is 2.73. The van der Waals surface area contributed by atoms with Crippen LogP contribution in [0, 0.1) is 6.92 Å². The van der Waals surface area contributed by atoms with Crippen LogP contribution in [0.4, 0.5) is 5.69 Å². The zero-order valence-electron chi connectivity index (χ0n) is 15.1. The summed E-state index contributed by atoms with van der Waals surface area (Å²) in [6.07, 6.45) is 1.75. The Balaban J connectivity index is 0.000000701. The molecule has 0 aromatic heterocycles. The fraction of sp³-hybridized carbons (Fsp3) is 0.130. The number of phenolic OH excluding ortho intramolecular Hbond substituents is 1. The summed E-state index contributed by atoms with van der Waals surface area (Å²) in [6, 6.07) is 22.4. The van der Waals surface area contributed by atoms with Crippen LogP contribution in [0.15, 0.2) is 79.4 Å². The summed E-state index contributed by atoms with van der Waals surface area (Å²) in [5, 5.41) is 13.4. The second kappa shape index (κ2) is 8.74. The van der Waals surface area contributed by atoms with Gasteiger partial charge in [-0.05, 0) is 48.2 Å². The Morgan fingerprint density at radius 2 is 1.44 bits per heavy atom. The first-order valence-electron chi connectivity index (χ1n) is 8.35. The Kier molecular flexibility index (Phi) is 6.41. The quantitative estimate of drug-likeness (QED) is 0.438. The smallest absolute Gasteiger partial charge is 0.146 e. The van der Waals surface area contributed by atoms with Gasteiger partial charge in [-0.3, -0.25) is 0 Å². The molecule has 25 heavy (non-hydrogen) atoms. The van der Waals surface area contributed by atoms with Gasteiger partial charge in [-0.25, -0.2) is 0 Å². The molecule has 3 rings (SSSR count). The average molecular weight is 331 g/mol. The Morgan fingerprint density at radius 1 is 0.880 bits per heavy atom. The maximum absolute atomic E-state index is 10.4. The Bertz CT molecular complexity index is 852. The number of allylic oxidation sites excluding steroid dienone is 1. The molecule has 2 heteroatoms. The predicted molar refractivity (Wildman–Crippen MR) is 109 cm³/mol. The Hall–Kier alpha value is -3.00. The van der Waals surface area contributed by atoms with E-state index >= 15 is 0 Å². The monoisotopic (exact) mass is 331 g/mol. The molecule has 0 saturated heterocycles. The van der Waals surface area contributed by atoms with E-state index in [-0.39, 0.29) is 5.75 Å². The van der Waals surface area contributed by atoms with Gasteiger partial charge in [0.15, 0.2) is 0 Å². The molecule has 0 bridgehead atoms. The molecule has 0 spiro atoms. The van der Waals surface area contributed by atoms with E-state index in [4.69, 9.17) is 0 Å². The molecule has 3 aromatic rings. The minimum Gasteiger partial charge on any atom is -0.505 e. The Morgan fingerprint density at radius 3 is 2.08 bits per heavy atom. The molecule has 0 saturated carbocycles. The van der Waals surface area contributed by atoms with Gasteiger partial charge in [-0.1, -0.05) is 60.7 Å². The summed E-state index contributed by atoms with van der Waals surface area (Å²) < 4.78 is 0. The molecule has 0 radical (unpaired) electrons. The zero-order valence-corrected chi connectivity index (χ0v) is 15.1. The predicted octanol–water partition coefficient (Wildman–Crippen LogP) is 6.27. The van der Waals surface area contributed by atoms with Crippen molar-refractivity contribution in [3.05, 3.63) is 84.9 Å². The number of hydrogen-bond donors (Lipinski definition) is 2. The molecule has 0 amide bonds. The second-order valence-corrected chi connectivity index (χ2v) is 5.76. The van der Waals surface area contributed by atoms with Crippen LogP contribution in [0.2, 0.25) is 0 Å². The lowest BCUT2D eigenvalue weighted by atomic mass is 9.96. The van der Waals surface area contributed by atoms with E-state index in [0.29, 0.717) is 0 Å². The molecule has 0 atom stereocenters. The van der Waals surface area contributed by atoms with Crippen LogP contribution in [0.1, 0.15) is 12.5 Å². The molecule has 0 heterocycles. The summed E-state index contributed by atoms with van der Waals surface area (Å²) in [5.74, 6) is 0.284. The summed E-state index contributed by atoms with van der Waals surface area (Å²) in [5.41, 5.74) is 6.20. The number of phenols is 1. The van der Waals surface area contributed by atoms with E-state index in [1.165, 1.54) is 11.1 Å². The molecular formula is C23H25NO. The van der Waals surface area contributed by atoms with Crippen LogP contribution in [0.3, 0.4) is 0 Å². The molecule has 0 aliphatic rings. The van der Waals surface area contributed by atoms with E-state index < -0.39 is 0 Å². The highest BCUT2D eigenvalue weighted by Crippen LogP contribution is 2.36. The van der Waals surface area contributed by atoms with Gasteiger partial charge >= 0.3 is 0 Å². The lowest BCUT2D eigenvalue weighted by Crippen LogP contribution is -1.90. The number of benzene rings is 3. The number of anilines is 1. The summed E-state index contributed by atoms with van der Waals surface area (Å²) in [7, 11) is 1.81. The minimum atomic E-state index is 0.284. The normalized spacial score (nSPS) is 9.72. The van der Waals surface area contributed by atoms with Gasteiger partial charge in [0.05, 0.1) is 5.69 Å². The van der Waals surface area contributed by atoms with E-state index in [9.17, 15) is 5.11 Å². The first kappa shape index (κ1) is 18.3. The number of aryl methyl sites for hydroxylation is 1. The average Bonchev–Trinajstić information content (AvgIpc) is 2.63. The van der Waals surface area contributed by atoms with E-state index in [0.717, 1.165) is 22.4 Å². The molecule has 3 aromatic carbocycles. The molecular weight excluding hydrogens is 306 g/mol. The van der Waals surface area contributed by atoms with Crippen molar-refractivity contribution >= 4 is 5.69 Å². The van der Waals surface area contributed by atoms with Crippen molar-refractivity contribution in [1.29, 1.82) is 0 Å². The maximum atomic E-state index is 10.4. The second-order valence-electron chi connectivity index (χ2n) is 5.76. The molecule has 0 fully saturated rings. The Labute approximate surface area is 150 Å². The maximum Gasteiger partial charge on any atom is 0.146 e. The van der Waals surface area contributed by atoms with Crippen molar-refractivity contribution in [3.63, 3.8) is 0 Å². The number of aromatic hydroxyl groups is 1. The largest absolute Gasteiger partial charge is 0.505 e. The first-order chi connectivity index (χ1) is 12.1. The molecule has 2 N–H and O–H groups in total. The van der Waals surface area contributed by atoms with Gasteiger partial charge in [0.2, 0.25) is 0 Å². The van der Waals surface area contributed by atoms with E-state index in [1.54, 1.807) is 6.08 Å². The SMILES string of the molecule is C=CC.CNc1cccc(-c2cccc(-c3ccccc3C)c2)c1O. The van der Waals surface area contributed by atoms with E-state index in [2.05, 4.69) is 43.1 Å². The third-order valence-electron chi connectivity index (χ3n) is 3.94. The zero-order chi connectivity index (χ0) is 18.2. The topological polar surface area (TPSA) is 32.3 Å². The molecule has 2 nitrogen and oxygen atoms in total. The molecule has 0 unspecified atom stereocenters. The highest BCUT2D eigenvalue weighted by atomic mass is 16.3. The standard InChI is InChI=1S/C20H19NO.C3H6/c1-14-7-3-4-10-17(14)15-8-5-9-16(13-15)18-11-6-12-19(21-2)20(18)22;1-3-2/h3-13,21-22H,1-2H3;3H,1H2,2H3. The van der Waals surface area contributed by atoms with Crippen LogP contribution < -0.4 is 5.32 Å². The van der Waals surface area contributed by atoms with Crippen molar-refractivity contribution in [2.75, 3.05) is 12.4 Å². The van der Waals surface area contributed by atoms with Gasteiger partial charge in [0.1, 0.15) is 5.75 Å². The van der Waals surface area contributed by atoms with Crippen LogP contribution in [-0.4, -0.2) is 12.2 Å². The van der Waals surface area contributed by atoms with Crippen LogP contribution in [0.5, 0.6) is 5.75 Å². The van der Waals surface area contributed by atoms with Crippen molar-refractivity contribution in [2.24, 2.45) is 0 Å². The lowest BCUT2D eigenvalue weighted by Gasteiger charge is -2.12. The van der Waals surface area contributed by atoms with Crippen molar-refractivity contribution < 1.29 is 5.11 Å². The van der Waals surface area contributed by atoms with Gasteiger partial charge in [-0.2, -0.15) is 0 Å². The number of hydrogen-bond acceptors (Lipinski definition) is 2. The van der Waals surface area contributed by atoms with Crippen molar-refractivity contribution in [3.8, 4) is 28.0 Å². The van der Waals surface area contributed by atoms with Gasteiger partial charge in [0.25, 0.3) is 0 Å². The first-order valence-corrected chi connectivity index (χ1v) is 8.35. The molecule has 128 valence electrons. The van der Waals surface area contributed by atoms with Gasteiger partial charge < -0.3 is 10.4 Å². The summed E-state index contributed by atoms with van der Waals surface area (Å²) in [4.78, 5) is 0. The minimum absolute atomic E-state index is 0.284. The van der Waals surface area contributed by atoms with Gasteiger partial charge in [-0.15, -0.1) is 6.58 Å². The molecule has 0 aliphatic carbocycles. The number of nitrogens with one attached hydrogen (secondary N) is 1.